The van der Waals surface area contributed by atoms with Crippen molar-refractivity contribution in [2.45, 2.75) is 13.8 Å². The van der Waals surface area contributed by atoms with Crippen molar-refractivity contribution in [3.8, 4) is 0 Å². The summed E-state index contributed by atoms with van der Waals surface area (Å²) in [5.74, 6) is 0.438. The molecule has 20 heavy (non-hydrogen) atoms. The summed E-state index contributed by atoms with van der Waals surface area (Å²) < 4.78 is 10.4. The summed E-state index contributed by atoms with van der Waals surface area (Å²) in [5, 5.41) is 0. The van der Waals surface area contributed by atoms with E-state index in [1.807, 2.05) is 32.0 Å². The number of ether oxygens (including phenoxy) is 1. The summed E-state index contributed by atoms with van der Waals surface area (Å²) in [6, 6.07) is 9.33. The Bertz CT molecular complexity index is 724. The van der Waals surface area contributed by atoms with Crippen LogP contribution in [0.5, 0.6) is 0 Å². The van der Waals surface area contributed by atoms with Gasteiger partial charge in [-0.3, -0.25) is 0 Å². The predicted molar refractivity (Wildman–Crippen MR) is 75.2 cm³/mol. The highest BCUT2D eigenvalue weighted by atomic mass is 16.6. The van der Waals surface area contributed by atoms with Gasteiger partial charge in [0, 0.05) is 11.6 Å². The van der Waals surface area contributed by atoms with Crippen LogP contribution in [0.3, 0.4) is 0 Å². The first-order valence-corrected chi connectivity index (χ1v) is 6.27. The number of esters is 1. The Morgan fingerprint density at radius 3 is 2.70 bits per heavy atom. The monoisotopic (exact) mass is 267 g/mol. The Balaban J connectivity index is 1.96. The Kier molecular flexibility index (Phi) is 2.99. The molecule has 2 heterocycles. The van der Waals surface area contributed by atoms with Gasteiger partial charge in [0.1, 0.15) is 5.76 Å². The van der Waals surface area contributed by atoms with Crippen LogP contribution in [0.2, 0.25) is 0 Å². The number of aryl methyl sites for hydroxylation is 2. The van der Waals surface area contributed by atoms with E-state index in [1.165, 1.54) is 5.56 Å². The summed E-state index contributed by atoms with van der Waals surface area (Å²) in [6.45, 7) is 4.04. The van der Waals surface area contributed by atoms with E-state index in [1.54, 1.807) is 24.5 Å². The van der Waals surface area contributed by atoms with Crippen molar-refractivity contribution in [2.24, 2.45) is 4.99 Å². The number of carbonyl (C=O) groups excluding carboxylic acids is 1. The van der Waals surface area contributed by atoms with E-state index in [2.05, 4.69) is 4.99 Å². The average Bonchev–Trinajstić information content (AvgIpc) is 3.04. The molecule has 0 aliphatic carbocycles. The minimum Gasteiger partial charge on any atom is -0.465 e. The molecular weight excluding hydrogens is 254 g/mol. The van der Waals surface area contributed by atoms with Crippen molar-refractivity contribution in [2.75, 3.05) is 0 Å². The number of hydrogen-bond donors (Lipinski definition) is 0. The van der Waals surface area contributed by atoms with Gasteiger partial charge in [-0.25, -0.2) is 9.79 Å². The lowest BCUT2D eigenvalue weighted by atomic mass is 10.1. The first-order valence-electron chi connectivity index (χ1n) is 6.27. The first kappa shape index (κ1) is 12.4. The number of hydrogen-bond acceptors (Lipinski definition) is 4. The lowest BCUT2D eigenvalue weighted by Crippen LogP contribution is -2.05. The van der Waals surface area contributed by atoms with Gasteiger partial charge in [-0.15, -0.1) is 0 Å². The average molecular weight is 267 g/mol. The van der Waals surface area contributed by atoms with Crippen LogP contribution >= 0.6 is 0 Å². The van der Waals surface area contributed by atoms with Gasteiger partial charge >= 0.3 is 5.97 Å². The molecule has 0 saturated heterocycles. The topological polar surface area (TPSA) is 51.8 Å². The third kappa shape index (κ3) is 2.28. The van der Waals surface area contributed by atoms with Crippen LogP contribution < -0.4 is 0 Å². The normalized spacial score (nSPS) is 16.4. The van der Waals surface area contributed by atoms with E-state index in [-0.39, 0.29) is 5.70 Å². The lowest BCUT2D eigenvalue weighted by Gasteiger charge is -2.03. The molecule has 1 aromatic heterocycles. The predicted octanol–water partition coefficient (Wildman–Crippen LogP) is 3.24. The molecule has 1 aromatic carbocycles. The Hall–Kier alpha value is -2.62. The minimum absolute atomic E-state index is 0.244. The molecule has 0 unspecified atom stereocenters. The van der Waals surface area contributed by atoms with E-state index in [0.717, 1.165) is 11.1 Å². The second kappa shape index (κ2) is 4.81. The zero-order chi connectivity index (χ0) is 14.1. The molecule has 1 aliphatic rings. The lowest BCUT2D eigenvalue weighted by molar-refractivity contribution is -0.129. The van der Waals surface area contributed by atoms with Gasteiger partial charge in [0.25, 0.3) is 0 Å². The number of cyclic esters (lactones) is 1. The summed E-state index contributed by atoms with van der Waals surface area (Å²) in [4.78, 5) is 16.0. The minimum atomic E-state index is -0.463. The smallest absolute Gasteiger partial charge is 0.363 e. The number of carbonyl (C=O) groups is 1. The van der Waals surface area contributed by atoms with Gasteiger partial charge in [0.05, 0.1) is 6.26 Å². The highest BCUT2D eigenvalue weighted by molar-refractivity contribution is 6.12. The molecule has 0 bridgehead atoms. The molecule has 2 aromatic rings. The molecule has 4 heteroatoms. The van der Waals surface area contributed by atoms with Gasteiger partial charge in [0.15, 0.2) is 5.70 Å². The van der Waals surface area contributed by atoms with Crippen LogP contribution in [0.15, 0.2) is 51.7 Å². The molecule has 0 fully saturated rings. The standard InChI is InChI=1S/C16H13NO3/c1-10-5-6-12(8-11(10)2)15-17-14(16(18)20-15)9-13-4-3-7-19-13/h3-9H,1-2H3. The molecule has 1 aliphatic heterocycles. The third-order valence-electron chi connectivity index (χ3n) is 3.20. The van der Waals surface area contributed by atoms with Gasteiger partial charge in [0.2, 0.25) is 5.90 Å². The first-order chi connectivity index (χ1) is 9.63. The van der Waals surface area contributed by atoms with Crippen molar-refractivity contribution >= 4 is 17.9 Å². The fourth-order valence-electron chi connectivity index (χ4n) is 1.92. The highest BCUT2D eigenvalue weighted by Crippen LogP contribution is 2.20. The van der Waals surface area contributed by atoms with Crippen molar-refractivity contribution in [3.63, 3.8) is 0 Å². The number of aliphatic imine (C=N–C) groups is 1. The van der Waals surface area contributed by atoms with E-state index >= 15 is 0 Å². The van der Waals surface area contributed by atoms with Gasteiger partial charge in [-0.05, 0) is 49.2 Å². The van der Waals surface area contributed by atoms with Crippen LogP contribution in [0.4, 0.5) is 0 Å². The molecule has 4 nitrogen and oxygen atoms in total. The second-order valence-electron chi connectivity index (χ2n) is 4.65. The molecule has 0 N–H and O–H groups in total. The summed E-state index contributed by atoms with van der Waals surface area (Å²) in [6.07, 6.45) is 3.11. The number of rotatable bonds is 2. The SMILES string of the molecule is Cc1ccc(C2=NC(=Cc3ccco3)C(=O)O2)cc1C. The number of nitrogens with zero attached hydrogens (tertiary/aromatic N) is 1. The third-order valence-corrected chi connectivity index (χ3v) is 3.20. The maximum Gasteiger partial charge on any atom is 0.363 e. The van der Waals surface area contributed by atoms with E-state index in [9.17, 15) is 4.79 Å². The molecule has 0 saturated carbocycles. The fraction of sp³-hybridized carbons (Fsp3) is 0.125. The molecule has 100 valence electrons. The van der Waals surface area contributed by atoms with Crippen molar-refractivity contribution in [3.05, 3.63) is 64.7 Å². The van der Waals surface area contributed by atoms with Gasteiger partial charge in [-0.2, -0.15) is 0 Å². The number of furan rings is 1. The fourth-order valence-corrected chi connectivity index (χ4v) is 1.92. The zero-order valence-corrected chi connectivity index (χ0v) is 11.2. The molecule has 0 atom stereocenters. The van der Waals surface area contributed by atoms with Crippen molar-refractivity contribution < 1.29 is 13.9 Å². The summed E-state index contributed by atoms with van der Waals surface area (Å²) in [5.41, 5.74) is 3.35. The Morgan fingerprint density at radius 2 is 2.00 bits per heavy atom. The maximum absolute atomic E-state index is 11.8. The quantitative estimate of drug-likeness (QED) is 0.620. The summed E-state index contributed by atoms with van der Waals surface area (Å²) >= 11 is 0. The van der Waals surface area contributed by atoms with E-state index < -0.39 is 5.97 Å². The van der Waals surface area contributed by atoms with Crippen LogP contribution in [-0.2, 0) is 9.53 Å². The largest absolute Gasteiger partial charge is 0.465 e. The molecular formula is C16H13NO3. The maximum atomic E-state index is 11.8. The second-order valence-corrected chi connectivity index (χ2v) is 4.65. The van der Waals surface area contributed by atoms with Crippen molar-refractivity contribution in [1.82, 2.24) is 0 Å². The van der Waals surface area contributed by atoms with E-state index in [0.29, 0.717) is 11.7 Å². The number of benzene rings is 1. The molecule has 3 rings (SSSR count). The van der Waals surface area contributed by atoms with Crippen LogP contribution in [0, 0.1) is 13.8 Å². The van der Waals surface area contributed by atoms with Crippen LogP contribution in [-0.4, -0.2) is 11.9 Å². The molecule has 0 radical (unpaired) electrons. The zero-order valence-electron chi connectivity index (χ0n) is 11.2. The highest BCUT2D eigenvalue weighted by Gasteiger charge is 2.24. The Labute approximate surface area is 116 Å². The molecule has 0 spiro atoms. The van der Waals surface area contributed by atoms with E-state index in [4.69, 9.17) is 9.15 Å². The Morgan fingerprint density at radius 1 is 1.15 bits per heavy atom. The summed E-state index contributed by atoms with van der Waals surface area (Å²) in [7, 11) is 0. The van der Waals surface area contributed by atoms with Crippen LogP contribution in [0.1, 0.15) is 22.5 Å². The van der Waals surface area contributed by atoms with Gasteiger partial charge in [-0.1, -0.05) is 6.07 Å². The van der Waals surface area contributed by atoms with Crippen molar-refractivity contribution in [1.29, 1.82) is 0 Å². The molecule has 0 amide bonds. The van der Waals surface area contributed by atoms with Gasteiger partial charge < -0.3 is 9.15 Å². The van der Waals surface area contributed by atoms with Crippen LogP contribution in [0.25, 0.3) is 6.08 Å².